The minimum atomic E-state index is -0.0787. The fourth-order valence-corrected chi connectivity index (χ4v) is 2.63. The summed E-state index contributed by atoms with van der Waals surface area (Å²) >= 11 is 6.09. The number of hydrogen-bond donors (Lipinski definition) is 1. The fourth-order valence-electron chi connectivity index (χ4n) is 2.36. The average Bonchev–Trinajstić information content (AvgIpc) is 2.93. The van der Waals surface area contributed by atoms with E-state index in [-0.39, 0.29) is 18.9 Å². The van der Waals surface area contributed by atoms with E-state index in [1.165, 1.54) is 0 Å². The highest BCUT2D eigenvalue weighted by Crippen LogP contribution is 2.32. The molecule has 2 unspecified atom stereocenters. The van der Waals surface area contributed by atoms with Crippen LogP contribution in [0.25, 0.3) is 11.0 Å². The molecule has 2 aromatic heterocycles. The van der Waals surface area contributed by atoms with Gasteiger partial charge in [0.15, 0.2) is 0 Å². The van der Waals surface area contributed by atoms with Crippen molar-refractivity contribution >= 4 is 22.6 Å². The van der Waals surface area contributed by atoms with Crippen molar-refractivity contribution in [2.24, 2.45) is 0 Å². The third-order valence-electron chi connectivity index (χ3n) is 3.24. The third-order valence-corrected chi connectivity index (χ3v) is 3.52. The van der Waals surface area contributed by atoms with Gasteiger partial charge in [0.25, 0.3) is 0 Å². The Morgan fingerprint density at radius 2 is 2.33 bits per heavy atom. The first-order valence-corrected chi connectivity index (χ1v) is 6.34. The second-order valence-corrected chi connectivity index (χ2v) is 4.85. The van der Waals surface area contributed by atoms with E-state index in [0.717, 1.165) is 23.9 Å². The summed E-state index contributed by atoms with van der Waals surface area (Å²) in [5.41, 5.74) is 0.788. The summed E-state index contributed by atoms with van der Waals surface area (Å²) in [6.45, 7) is 1.87. The van der Waals surface area contributed by atoms with E-state index in [1.54, 1.807) is 0 Å². The Morgan fingerprint density at radius 1 is 1.50 bits per heavy atom. The van der Waals surface area contributed by atoms with Gasteiger partial charge in [-0.25, -0.2) is 9.97 Å². The van der Waals surface area contributed by atoms with Gasteiger partial charge in [0.1, 0.15) is 22.9 Å². The summed E-state index contributed by atoms with van der Waals surface area (Å²) in [5.74, 6) is 0.643. The van der Waals surface area contributed by atoms with Crippen molar-refractivity contribution in [3.8, 4) is 0 Å². The van der Waals surface area contributed by atoms with Crippen molar-refractivity contribution in [2.75, 3.05) is 6.61 Å². The molecule has 96 valence electrons. The maximum atomic E-state index is 9.10. The van der Waals surface area contributed by atoms with Crippen LogP contribution in [-0.2, 0) is 4.74 Å². The van der Waals surface area contributed by atoms with Gasteiger partial charge in [-0.05, 0) is 25.8 Å². The quantitative estimate of drug-likeness (QED) is 0.846. The molecule has 0 aromatic carbocycles. The molecule has 3 heterocycles. The van der Waals surface area contributed by atoms with Crippen LogP contribution in [0.1, 0.15) is 24.9 Å². The zero-order chi connectivity index (χ0) is 12.7. The van der Waals surface area contributed by atoms with Crippen LogP contribution in [0.3, 0.4) is 0 Å². The minimum Gasteiger partial charge on any atom is -0.394 e. The SMILES string of the molecule is Cc1nc(Cl)c2ccn(C3CCC(CO)O3)c2n1. The van der Waals surface area contributed by atoms with Crippen LogP contribution in [-0.4, -0.2) is 32.4 Å². The first kappa shape index (κ1) is 11.9. The topological polar surface area (TPSA) is 60.2 Å². The molecular weight excluding hydrogens is 254 g/mol. The highest BCUT2D eigenvalue weighted by molar-refractivity contribution is 6.33. The number of aliphatic hydroxyl groups is 1. The van der Waals surface area contributed by atoms with Gasteiger partial charge in [0.2, 0.25) is 0 Å². The monoisotopic (exact) mass is 267 g/mol. The molecule has 2 aromatic rings. The Morgan fingerprint density at radius 3 is 3.06 bits per heavy atom. The lowest BCUT2D eigenvalue weighted by Gasteiger charge is -2.14. The number of hydrogen-bond acceptors (Lipinski definition) is 4. The second kappa shape index (κ2) is 4.50. The number of nitrogens with zero attached hydrogens (tertiary/aromatic N) is 3. The van der Waals surface area contributed by atoms with E-state index in [2.05, 4.69) is 9.97 Å². The molecule has 0 radical (unpaired) electrons. The predicted molar refractivity (Wildman–Crippen MR) is 67.5 cm³/mol. The lowest BCUT2D eigenvalue weighted by atomic mass is 10.2. The largest absolute Gasteiger partial charge is 0.394 e. The number of halogens is 1. The van der Waals surface area contributed by atoms with Crippen LogP contribution in [0.5, 0.6) is 0 Å². The van der Waals surface area contributed by atoms with Crippen molar-refractivity contribution in [1.82, 2.24) is 14.5 Å². The van der Waals surface area contributed by atoms with Gasteiger partial charge < -0.3 is 14.4 Å². The van der Waals surface area contributed by atoms with Gasteiger partial charge in [-0.1, -0.05) is 11.6 Å². The van der Waals surface area contributed by atoms with Crippen molar-refractivity contribution in [2.45, 2.75) is 32.1 Å². The molecule has 1 aliphatic rings. The second-order valence-electron chi connectivity index (χ2n) is 4.49. The van der Waals surface area contributed by atoms with Gasteiger partial charge in [0.05, 0.1) is 18.1 Å². The molecule has 5 nitrogen and oxygen atoms in total. The normalized spacial score (nSPS) is 23.9. The molecule has 0 spiro atoms. The van der Waals surface area contributed by atoms with E-state index in [1.807, 2.05) is 23.8 Å². The Kier molecular flexibility index (Phi) is 2.97. The number of rotatable bonds is 2. The zero-order valence-electron chi connectivity index (χ0n) is 10.0. The van der Waals surface area contributed by atoms with Crippen molar-refractivity contribution in [3.05, 3.63) is 23.2 Å². The molecule has 1 saturated heterocycles. The van der Waals surface area contributed by atoms with Crippen LogP contribution in [0.4, 0.5) is 0 Å². The Bertz CT molecular complexity index is 584. The number of aromatic nitrogens is 3. The molecule has 0 saturated carbocycles. The van der Waals surface area contributed by atoms with Crippen LogP contribution in [0.2, 0.25) is 5.15 Å². The number of aryl methyl sites for hydroxylation is 1. The van der Waals surface area contributed by atoms with Gasteiger partial charge in [-0.2, -0.15) is 0 Å². The van der Waals surface area contributed by atoms with E-state index in [9.17, 15) is 0 Å². The number of ether oxygens (including phenoxy) is 1. The summed E-state index contributed by atoms with van der Waals surface area (Å²) in [5, 5.41) is 10.4. The molecule has 0 amide bonds. The van der Waals surface area contributed by atoms with Crippen molar-refractivity contribution in [3.63, 3.8) is 0 Å². The van der Waals surface area contributed by atoms with E-state index in [0.29, 0.717) is 11.0 Å². The summed E-state index contributed by atoms with van der Waals surface area (Å²) < 4.78 is 7.72. The molecule has 1 aliphatic heterocycles. The summed E-state index contributed by atoms with van der Waals surface area (Å²) in [6, 6.07) is 1.90. The van der Waals surface area contributed by atoms with Crippen LogP contribution in [0, 0.1) is 6.92 Å². The maximum Gasteiger partial charge on any atom is 0.147 e. The lowest BCUT2D eigenvalue weighted by molar-refractivity contribution is -0.0204. The Labute approximate surface area is 109 Å². The molecule has 1 N–H and O–H groups in total. The molecule has 3 rings (SSSR count). The van der Waals surface area contributed by atoms with Gasteiger partial charge in [-0.15, -0.1) is 0 Å². The first-order valence-electron chi connectivity index (χ1n) is 5.96. The van der Waals surface area contributed by atoms with Crippen molar-refractivity contribution < 1.29 is 9.84 Å². The van der Waals surface area contributed by atoms with Crippen LogP contribution in [0.15, 0.2) is 12.3 Å². The maximum absolute atomic E-state index is 9.10. The fraction of sp³-hybridized carbons (Fsp3) is 0.500. The average molecular weight is 268 g/mol. The summed E-state index contributed by atoms with van der Waals surface area (Å²) in [4.78, 5) is 8.55. The first-order chi connectivity index (χ1) is 8.69. The lowest BCUT2D eigenvalue weighted by Crippen LogP contribution is -2.14. The molecule has 0 aliphatic carbocycles. The molecule has 6 heteroatoms. The van der Waals surface area contributed by atoms with Gasteiger partial charge in [0, 0.05) is 6.20 Å². The predicted octanol–water partition coefficient (Wildman–Crippen LogP) is 2.06. The smallest absolute Gasteiger partial charge is 0.147 e. The van der Waals surface area contributed by atoms with E-state index >= 15 is 0 Å². The van der Waals surface area contributed by atoms with E-state index < -0.39 is 0 Å². The van der Waals surface area contributed by atoms with Gasteiger partial charge >= 0.3 is 0 Å². The third kappa shape index (κ3) is 1.88. The summed E-state index contributed by atoms with van der Waals surface area (Å²) in [6.07, 6.45) is 3.49. The van der Waals surface area contributed by atoms with Crippen LogP contribution < -0.4 is 0 Å². The highest BCUT2D eigenvalue weighted by atomic mass is 35.5. The van der Waals surface area contributed by atoms with Crippen molar-refractivity contribution in [1.29, 1.82) is 0 Å². The van der Waals surface area contributed by atoms with E-state index in [4.69, 9.17) is 21.4 Å². The number of fused-ring (bicyclic) bond motifs is 1. The van der Waals surface area contributed by atoms with Gasteiger partial charge in [-0.3, -0.25) is 0 Å². The molecule has 18 heavy (non-hydrogen) atoms. The zero-order valence-corrected chi connectivity index (χ0v) is 10.8. The Balaban J connectivity index is 2.03. The Hall–Kier alpha value is -1.17. The standard InChI is InChI=1S/C12H14ClN3O2/c1-7-14-11(13)9-4-5-16(12(9)15-7)10-3-2-8(6-17)18-10/h4-5,8,10,17H,2-3,6H2,1H3. The molecule has 0 bridgehead atoms. The molecule has 2 atom stereocenters. The molecule has 1 fully saturated rings. The highest BCUT2D eigenvalue weighted by Gasteiger charge is 2.27. The minimum absolute atomic E-state index is 0.0600. The summed E-state index contributed by atoms with van der Waals surface area (Å²) in [7, 11) is 0. The number of aliphatic hydroxyl groups excluding tert-OH is 1. The van der Waals surface area contributed by atoms with Crippen LogP contribution >= 0.6 is 11.6 Å². The molecular formula is C12H14ClN3O2.